The summed E-state index contributed by atoms with van der Waals surface area (Å²) in [6.07, 6.45) is 1.41. The molecule has 1 atom stereocenters. The summed E-state index contributed by atoms with van der Waals surface area (Å²) in [6.45, 7) is 4.28. The lowest BCUT2D eigenvalue weighted by molar-refractivity contribution is -0.137. The van der Waals surface area contributed by atoms with Crippen molar-refractivity contribution in [2.24, 2.45) is 5.92 Å². The molecule has 0 radical (unpaired) electrons. The maximum atomic E-state index is 10.5. The van der Waals surface area contributed by atoms with Crippen LogP contribution in [0.5, 0.6) is 0 Å². The molecule has 2 nitrogen and oxygen atoms in total. The van der Waals surface area contributed by atoms with Crippen LogP contribution in [0.4, 0.5) is 0 Å². The van der Waals surface area contributed by atoms with Gasteiger partial charge >= 0.3 is 5.97 Å². The Hall–Kier alpha value is -0.730. The second-order valence-corrected chi connectivity index (χ2v) is 5.78. The molecule has 0 amide bonds. The second-order valence-electron chi connectivity index (χ2n) is 4.85. The van der Waals surface area contributed by atoms with Crippen molar-refractivity contribution in [2.75, 3.05) is 0 Å². The molecule has 0 saturated heterocycles. The number of benzene rings is 1. The van der Waals surface area contributed by atoms with E-state index in [1.807, 2.05) is 18.2 Å². The molecule has 0 bridgehead atoms. The summed E-state index contributed by atoms with van der Waals surface area (Å²) in [5.41, 5.74) is 1.99. The smallest absolute Gasteiger partial charge is 0.303 e. The third kappa shape index (κ3) is 4.87. The summed E-state index contributed by atoms with van der Waals surface area (Å²) >= 11 is 12.4. The van der Waals surface area contributed by atoms with Crippen LogP contribution in [0.25, 0.3) is 0 Å². The Labute approximate surface area is 118 Å². The minimum Gasteiger partial charge on any atom is -0.481 e. The Kier molecular flexibility index (Phi) is 5.97. The van der Waals surface area contributed by atoms with E-state index in [0.29, 0.717) is 17.4 Å². The van der Waals surface area contributed by atoms with Gasteiger partial charge in [0.05, 0.1) is 5.38 Å². The molecule has 0 fully saturated rings. The van der Waals surface area contributed by atoms with E-state index in [-0.39, 0.29) is 11.8 Å². The Morgan fingerprint density at radius 3 is 2.56 bits per heavy atom. The number of carbonyl (C=O) groups is 1. The van der Waals surface area contributed by atoms with Gasteiger partial charge in [0.1, 0.15) is 0 Å². The molecule has 1 rings (SSSR count). The van der Waals surface area contributed by atoms with Crippen molar-refractivity contribution in [3.63, 3.8) is 0 Å². The minimum atomic E-state index is -0.830. The standard InChI is InChI=1S/C14H18Cl2O2/c1-9(2)7-10-3-4-11(8-13(10)16)12(15)5-6-14(17)18/h3-4,8-9,12H,5-7H2,1-2H3,(H,17,18). The molecule has 0 heterocycles. The molecule has 1 aromatic rings. The number of hydrogen-bond donors (Lipinski definition) is 1. The van der Waals surface area contributed by atoms with Gasteiger partial charge in [-0.15, -0.1) is 11.6 Å². The predicted molar refractivity (Wildman–Crippen MR) is 75.5 cm³/mol. The van der Waals surface area contributed by atoms with Crippen molar-refractivity contribution in [1.29, 1.82) is 0 Å². The lowest BCUT2D eigenvalue weighted by atomic mass is 10.00. The van der Waals surface area contributed by atoms with Crippen LogP contribution in [-0.4, -0.2) is 11.1 Å². The molecule has 18 heavy (non-hydrogen) atoms. The van der Waals surface area contributed by atoms with E-state index in [1.54, 1.807) is 0 Å². The van der Waals surface area contributed by atoms with Gasteiger partial charge in [0.25, 0.3) is 0 Å². The van der Waals surface area contributed by atoms with Crippen LogP contribution in [0.2, 0.25) is 5.02 Å². The van der Waals surface area contributed by atoms with Gasteiger partial charge in [0.2, 0.25) is 0 Å². The SMILES string of the molecule is CC(C)Cc1ccc(C(Cl)CCC(=O)O)cc1Cl. The van der Waals surface area contributed by atoms with Gasteiger partial charge < -0.3 is 5.11 Å². The first-order valence-electron chi connectivity index (χ1n) is 6.04. The van der Waals surface area contributed by atoms with Crippen molar-refractivity contribution in [3.8, 4) is 0 Å². The van der Waals surface area contributed by atoms with Crippen molar-refractivity contribution in [3.05, 3.63) is 34.3 Å². The molecular formula is C14H18Cl2O2. The number of carboxylic acids is 1. The monoisotopic (exact) mass is 288 g/mol. The highest BCUT2D eigenvalue weighted by Crippen LogP contribution is 2.30. The summed E-state index contributed by atoms with van der Waals surface area (Å²) < 4.78 is 0. The van der Waals surface area contributed by atoms with Gasteiger partial charge in [0, 0.05) is 11.4 Å². The quantitative estimate of drug-likeness (QED) is 0.772. The average molecular weight is 289 g/mol. The Balaban J connectivity index is 2.73. The Morgan fingerprint density at radius 1 is 1.39 bits per heavy atom. The maximum Gasteiger partial charge on any atom is 0.303 e. The summed E-state index contributed by atoms with van der Waals surface area (Å²) in [5.74, 6) is -0.282. The first kappa shape index (κ1) is 15.3. The number of rotatable bonds is 6. The van der Waals surface area contributed by atoms with Crippen LogP contribution in [0.3, 0.4) is 0 Å². The zero-order chi connectivity index (χ0) is 13.7. The normalized spacial score (nSPS) is 12.7. The molecule has 0 spiro atoms. The van der Waals surface area contributed by atoms with Gasteiger partial charge in [-0.3, -0.25) is 4.79 Å². The van der Waals surface area contributed by atoms with Gasteiger partial charge in [-0.25, -0.2) is 0 Å². The van der Waals surface area contributed by atoms with E-state index < -0.39 is 5.97 Å². The van der Waals surface area contributed by atoms with Crippen LogP contribution in [0.1, 0.15) is 43.2 Å². The van der Waals surface area contributed by atoms with E-state index in [9.17, 15) is 4.79 Å². The average Bonchev–Trinajstić information content (AvgIpc) is 2.28. The first-order valence-corrected chi connectivity index (χ1v) is 6.85. The van der Waals surface area contributed by atoms with Crippen molar-refractivity contribution in [2.45, 2.75) is 38.5 Å². The number of hydrogen-bond acceptors (Lipinski definition) is 1. The fraction of sp³-hybridized carbons (Fsp3) is 0.500. The third-order valence-corrected chi connectivity index (χ3v) is 3.50. The highest BCUT2D eigenvalue weighted by Gasteiger charge is 2.12. The van der Waals surface area contributed by atoms with Gasteiger partial charge in [-0.2, -0.15) is 0 Å². The Morgan fingerprint density at radius 2 is 2.06 bits per heavy atom. The first-order chi connectivity index (χ1) is 8.40. The molecule has 1 N–H and O–H groups in total. The molecular weight excluding hydrogens is 271 g/mol. The van der Waals surface area contributed by atoms with Gasteiger partial charge in [0.15, 0.2) is 0 Å². The number of carboxylic acid groups (broad SMARTS) is 1. The highest BCUT2D eigenvalue weighted by molar-refractivity contribution is 6.31. The van der Waals surface area contributed by atoms with Crippen LogP contribution in [0, 0.1) is 5.92 Å². The van der Waals surface area contributed by atoms with Crippen LogP contribution < -0.4 is 0 Å². The topological polar surface area (TPSA) is 37.3 Å². The zero-order valence-electron chi connectivity index (χ0n) is 10.6. The fourth-order valence-electron chi connectivity index (χ4n) is 1.78. The molecule has 4 heteroatoms. The predicted octanol–water partition coefficient (Wildman–Crippen LogP) is 4.68. The number of halogens is 2. The van der Waals surface area contributed by atoms with Crippen molar-refractivity contribution >= 4 is 29.2 Å². The summed E-state index contributed by atoms with van der Waals surface area (Å²) in [6, 6.07) is 5.76. The molecule has 0 aliphatic carbocycles. The molecule has 100 valence electrons. The summed E-state index contributed by atoms with van der Waals surface area (Å²) in [5, 5.41) is 9.03. The van der Waals surface area contributed by atoms with E-state index in [4.69, 9.17) is 28.3 Å². The number of alkyl halides is 1. The second kappa shape index (κ2) is 7.01. The van der Waals surface area contributed by atoms with E-state index in [0.717, 1.165) is 17.5 Å². The lowest BCUT2D eigenvalue weighted by Crippen LogP contribution is -2.00. The van der Waals surface area contributed by atoms with E-state index in [2.05, 4.69) is 13.8 Å². The van der Waals surface area contributed by atoms with Crippen LogP contribution in [0.15, 0.2) is 18.2 Å². The highest BCUT2D eigenvalue weighted by atomic mass is 35.5. The molecule has 1 aromatic carbocycles. The van der Waals surface area contributed by atoms with Crippen LogP contribution in [-0.2, 0) is 11.2 Å². The van der Waals surface area contributed by atoms with E-state index in [1.165, 1.54) is 0 Å². The van der Waals surface area contributed by atoms with Gasteiger partial charge in [-0.1, -0.05) is 37.6 Å². The van der Waals surface area contributed by atoms with Crippen molar-refractivity contribution in [1.82, 2.24) is 0 Å². The minimum absolute atomic E-state index is 0.0690. The molecule has 0 aliphatic rings. The van der Waals surface area contributed by atoms with E-state index >= 15 is 0 Å². The zero-order valence-corrected chi connectivity index (χ0v) is 12.1. The number of aliphatic carboxylic acids is 1. The molecule has 0 saturated carbocycles. The van der Waals surface area contributed by atoms with Gasteiger partial charge in [-0.05, 0) is 36.0 Å². The third-order valence-electron chi connectivity index (χ3n) is 2.68. The Bertz CT molecular complexity index is 416. The summed E-state index contributed by atoms with van der Waals surface area (Å²) in [7, 11) is 0. The molecule has 0 aromatic heterocycles. The molecule has 1 unspecified atom stereocenters. The fourth-order valence-corrected chi connectivity index (χ4v) is 2.29. The maximum absolute atomic E-state index is 10.5. The van der Waals surface area contributed by atoms with Crippen molar-refractivity contribution < 1.29 is 9.90 Å². The largest absolute Gasteiger partial charge is 0.481 e. The summed E-state index contributed by atoms with van der Waals surface area (Å²) in [4.78, 5) is 10.5. The molecule has 0 aliphatic heterocycles. The lowest BCUT2D eigenvalue weighted by Gasteiger charge is -2.12. The van der Waals surface area contributed by atoms with Crippen LogP contribution >= 0.6 is 23.2 Å².